The molecule has 0 unspecified atom stereocenters. The Morgan fingerprint density at radius 1 is 1.18 bits per heavy atom. The van der Waals surface area contributed by atoms with Gasteiger partial charge >= 0.3 is 0 Å². The van der Waals surface area contributed by atoms with Gasteiger partial charge in [0.1, 0.15) is 17.3 Å². The maximum Gasteiger partial charge on any atom is 0.270 e. The summed E-state index contributed by atoms with van der Waals surface area (Å²) in [6.07, 6.45) is 0. The number of carbonyl (C=O) groups is 1. The SMILES string of the molecule is Cc1nc(NCc2ccccc2C)cc(C(=O)NC(C)C)n1. The van der Waals surface area contributed by atoms with Gasteiger partial charge in [0.2, 0.25) is 0 Å². The van der Waals surface area contributed by atoms with Crippen molar-refractivity contribution in [1.29, 1.82) is 0 Å². The summed E-state index contributed by atoms with van der Waals surface area (Å²) in [6.45, 7) is 8.36. The van der Waals surface area contributed by atoms with Crippen molar-refractivity contribution in [2.75, 3.05) is 5.32 Å². The largest absolute Gasteiger partial charge is 0.366 e. The van der Waals surface area contributed by atoms with E-state index in [1.807, 2.05) is 26.0 Å². The van der Waals surface area contributed by atoms with Gasteiger partial charge in [0.05, 0.1) is 0 Å². The van der Waals surface area contributed by atoms with Crippen molar-refractivity contribution in [3.05, 3.63) is 53.0 Å². The second-order valence-corrected chi connectivity index (χ2v) is 5.59. The Bertz CT molecular complexity index is 667. The van der Waals surface area contributed by atoms with Crippen LogP contribution in [0, 0.1) is 13.8 Å². The molecule has 0 saturated heterocycles. The van der Waals surface area contributed by atoms with Crippen LogP contribution < -0.4 is 10.6 Å². The first-order valence-electron chi connectivity index (χ1n) is 7.40. The lowest BCUT2D eigenvalue weighted by Crippen LogP contribution is -2.31. The molecule has 0 aliphatic carbocycles. The molecule has 2 N–H and O–H groups in total. The minimum atomic E-state index is -0.181. The van der Waals surface area contributed by atoms with Crippen LogP contribution in [0.5, 0.6) is 0 Å². The minimum absolute atomic E-state index is 0.0751. The highest BCUT2D eigenvalue weighted by atomic mass is 16.1. The van der Waals surface area contributed by atoms with E-state index in [1.54, 1.807) is 13.0 Å². The van der Waals surface area contributed by atoms with E-state index in [0.717, 1.165) is 0 Å². The molecule has 2 rings (SSSR count). The van der Waals surface area contributed by atoms with Crippen molar-refractivity contribution in [3.8, 4) is 0 Å². The number of nitrogens with one attached hydrogen (secondary N) is 2. The molecule has 0 spiro atoms. The molecular weight excluding hydrogens is 276 g/mol. The van der Waals surface area contributed by atoms with Gasteiger partial charge in [0.15, 0.2) is 0 Å². The fraction of sp³-hybridized carbons (Fsp3) is 0.353. The number of carbonyl (C=O) groups excluding carboxylic acids is 1. The van der Waals surface area contributed by atoms with E-state index < -0.39 is 0 Å². The van der Waals surface area contributed by atoms with Gasteiger partial charge in [0.25, 0.3) is 5.91 Å². The summed E-state index contributed by atoms with van der Waals surface area (Å²) in [5.74, 6) is 1.05. The average Bonchev–Trinajstić information content (AvgIpc) is 2.45. The third-order valence-electron chi connectivity index (χ3n) is 3.21. The van der Waals surface area contributed by atoms with Gasteiger partial charge in [-0.1, -0.05) is 24.3 Å². The number of aromatic nitrogens is 2. The summed E-state index contributed by atoms with van der Waals surface area (Å²) in [5.41, 5.74) is 2.80. The molecule has 5 nitrogen and oxygen atoms in total. The zero-order chi connectivity index (χ0) is 16.1. The first-order chi connectivity index (χ1) is 10.5. The third kappa shape index (κ3) is 4.28. The molecule has 0 bridgehead atoms. The number of anilines is 1. The predicted octanol–water partition coefficient (Wildman–Crippen LogP) is 2.84. The van der Waals surface area contributed by atoms with Gasteiger partial charge in [-0.15, -0.1) is 0 Å². The summed E-state index contributed by atoms with van der Waals surface area (Å²) < 4.78 is 0. The number of hydrogen-bond donors (Lipinski definition) is 2. The summed E-state index contributed by atoms with van der Waals surface area (Å²) in [4.78, 5) is 20.6. The first-order valence-corrected chi connectivity index (χ1v) is 7.40. The van der Waals surface area contributed by atoms with E-state index >= 15 is 0 Å². The second kappa shape index (κ2) is 7.02. The van der Waals surface area contributed by atoms with Crippen molar-refractivity contribution >= 4 is 11.7 Å². The molecular formula is C17H22N4O. The summed E-state index contributed by atoms with van der Waals surface area (Å²) in [6, 6.07) is 9.93. The Hall–Kier alpha value is -2.43. The molecule has 0 aliphatic rings. The molecule has 1 heterocycles. The molecule has 0 saturated carbocycles. The number of rotatable bonds is 5. The van der Waals surface area contributed by atoms with Crippen LogP contribution >= 0.6 is 0 Å². The molecule has 0 aliphatic heterocycles. The molecule has 0 radical (unpaired) electrons. The van der Waals surface area contributed by atoms with Gasteiger partial charge in [-0.2, -0.15) is 0 Å². The Kier molecular flexibility index (Phi) is 5.09. The van der Waals surface area contributed by atoms with Crippen LogP contribution in [-0.4, -0.2) is 21.9 Å². The van der Waals surface area contributed by atoms with Gasteiger partial charge in [0, 0.05) is 18.7 Å². The molecule has 22 heavy (non-hydrogen) atoms. The van der Waals surface area contributed by atoms with Crippen molar-refractivity contribution < 1.29 is 4.79 Å². The Balaban J connectivity index is 2.13. The van der Waals surface area contributed by atoms with E-state index in [-0.39, 0.29) is 11.9 Å². The van der Waals surface area contributed by atoms with Crippen molar-refractivity contribution in [2.24, 2.45) is 0 Å². The molecule has 116 valence electrons. The van der Waals surface area contributed by atoms with Crippen LogP contribution in [0.4, 0.5) is 5.82 Å². The number of aryl methyl sites for hydroxylation is 2. The van der Waals surface area contributed by atoms with E-state index in [2.05, 4.69) is 39.7 Å². The topological polar surface area (TPSA) is 66.9 Å². The molecule has 5 heteroatoms. The average molecular weight is 298 g/mol. The van der Waals surface area contributed by atoms with Crippen molar-refractivity contribution in [1.82, 2.24) is 15.3 Å². The summed E-state index contributed by atoms with van der Waals surface area (Å²) >= 11 is 0. The summed E-state index contributed by atoms with van der Waals surface area (Å²) in [7, 11) is 0. The molecule has 0 fully saturated rings. The highest BCUT2D eigenvalue weighted by Crippen LogP contribution is 2.12. The van der Waals surface area contributed by atoms with E-state index in [0.29, 0.717) is 23.9 Å². The predicted molar refractivity (Wildman–Crippen MR) is 87.9 cm³/mol. The van der Waals surface area contributed by atoms with Crippen LogP contribution in [0.15, 0.2) is 30.3 Å². The Labute approximate surface area is 131 Å². The van der Waals surface area contributed by atoms with Crippen molar-refractivity contribution in [2.45, 2.75) is 40.3 Å². The molecule has 1 aromatic carbocycles. The standard InChI is InChI=1S/C17H22N4O/c1-11(2)19-17(22)15-9-16(21-13(4)20-15)18-10-14-8-6-5-7-12(14)3/h5-9,11H,10H2,1-4H3,(H,19,22)(H,18,20,21). The van der Waals surface area contributed by atoms with Gasteiger partial charge in [-0.3, -0.25) is 4.79 Å². The second-order valence-electron chi connectivity index (χ2n) is 5.59. The smallest absolute Gasteiger partial charge is 0.270 e. The maximum atomic E-state index is 12.1. The van der Waals surface area contributed by atoms with Crippen LogP contribution in [0.2, 0.25) is 0 Å². The molecule has 1 aromatic heterocycles. The Morgan fingerprint density at radius 3 is 2.59 bits per heavy atom. The lowest BCUT2D eigenvalue weighted by Gasteiger charge is -2.11. The number of amides is 1. The quantitative estimate of drug-likeness (QED) is 0.890. The third-order valence-corrected chi connectivity index (χ3v) is 3.21. The van der Waals surface area contributed by atoms with Crippen LogP contribution in [0.25, 0.3) is 0 Å². The van der Waals surface area contributed by atoms with Gasteiger partial charge in [-0.25, -0.2) is 9.97 Å². The zero-order valence-corrected chi connectivity index (χ0v) is 13.5. The van der Waals surface area contributed by atoms with Crippen LogP contribution in [0.3, 0.4) is 0 Å². The highest BCUT2D eigenvalue weighted by molar-refractivity contribution is 5.93. The van der Waals surface area contributed by atoms with Crippen LogP contribution in [-0.2, 0) is 6.54 Å². The normalized spacial score (nSPS) is 10.6. The summed E-state index contributed by atoms with van der Waals surface area (Å²) in [5, 5.41) is 6.10. The molecule has 2 aromatic rings. The number of benzene rings is 1. The number of hydrogen-bond acceptors (Lipinski definition) is 4. The van der Waals surface area contributed by atoms with Gasteiger partial charge < -0.3 is 10.6 Å². The highest BCUT2D eigenvalue weighted by Gasteiger charge is 2.11. The maximum absolute atomic E-state index is 12.1. The first kappa shape index (κ1) is 15.9. The monoisotopic (exact) mass is 298 g/mol. The lowest BCUT2D eigenvalue weighted by atomic mass is 10.1. The van der Waals surface area contributed by atoms with Crippen molar-refractivity contribution in [3.63, 3.8) is 0 Å². The molecule has 0 atom stereocenters. The minimum Gasteiger partial charge on any atom is -0.366 e. The van der Waals surface area contributed by atoms with Crippen LogP contribution in [0.1, 0.15) is 41.3 Å². The van der Waals surface area contributed by atoms with E-state index in [4.69, 9.17) is 0 Å². The van der Waals surface area contributed by atoms with Gasteiger partial charge in [-0.05, 0) is 38.8 Å². The number of nitrogens with zero attached hydrogens (tertiary/aromatic N) is 2. The fourth-order valence-corrected chi connectivity index (χ4v) is 2.10. The molecule has 1 amide bonds. The lowest BCUT2D eigenvalue weighted by molar-refractivity contribution is 0.0937. The van der Waals surface area contributed by atoms with E-state index in [1.165, 1.54) is 11.1 Å². The Morgan fingerprint density at radius 2 is 1.91 bits per heavy atom. The zero-order valence-electron chi connectivity index (χ0n) is 13.5. The van der Waals surface area contributed by atoms with E-state index in [9.17, 15) is 4.79 Å². The fourth-order valence-electron chi connectivity index (χ4n) is 2.10.